The number of allylic oxidation sites excluding steroid dienone is 1. The molecule has 5 rings (SSSR count). The Morgan fingerprint density at radius 2 is 1.42 bits per heavy atom. The molecule has 1 unspecified atom stereocenters. The molecule has 13 heteroatoms. The Balaban J connectivity index is 1.40. The highest BCUT2D eigenvalue weighted by atomic mass is 32.2. The first kappa shape index (κ1) is 50.6. The summed E-state index contributed by atoms with van der Waals surface area (Å²) >= 11 is 0. The van der Waals surface area contributed by atoms with Gasteiger partial charge in [-0.05, 0) is 82.0 Å². The van der Waals surface area contributed by atoms with E-state index in [0.29, 0.717) is 18.8 Å². The minimum atomic E-state index is -3.52. The van der Waals surface area contributed by atoms with Gasteiger partial charge in [0.1, 0.15) is 11.5 Å². The summed E-state index contributed by atoms with van der Waals surface area (Å²) in [5.41, 5.74) is 0.259. The van der Waals surface area contributed by atoms with Crippen LogP contribution in [0.3, 0.4) is 0 Å². The third-order valence-corrected chi connectivity index (χ3v) is 14.0. The highest BCUT2D eigenvalue weighted by Crippen LogP contribution is 2.47. The van der Waals surface area contributed by atoms with E-state index < -0.39 is 63.8 Å². The molecule has 2 aliphatic rings. The maximum atomic E-state index is 15.2. The first-order valence-corrected chi connectivity index (χ1v) is 23.9. The van der Waals surface area contributed by atoms with E-state index in [0.717, 1.165) is 16.9 Å². The molecule has 2 aliphatic heterocycles. The molecular weight excluding hydrogens is 837 g/mol. The van der Waals surface area contributed by atoms with E-state index in [1.807, 2.05) is 102 Å². The van der Waals surface area contributed by atoms with Gasteiger partial charge >= 0.3 is 5.97 Å². The minimum absolute atomic E-state index is 0.157. The van der Waals surface area contributed by atoms with Gasteiger partial charge in [-0.1, -0.05) is 95.3 Å². The molecule has 0 spiro atoms. The maximum Gasteiger partial charge on any atom is 0.330 e. The Morgan fingerprint density at radius 1 is 0.812 bits per heavy atom. The lowest BCUT2D eigenvalue weighted by molar-refractivity contribution is -0.337. The number of ether oxygens (including phenoxy) is 8. The van der Waals surface area contributed by atoms with Gasteiger partial charge in [0.15, 0.2) is 33.3 Å². The highest BCUT2D eigenvalue weighted by molar-refractivity contribution is 7.91. The van der Waals surface area contributed by atoms with Crippen LogP contribution in [-0.2, 0) is 54.5 Å². The SMILES string of the molecule is CCOC(=O)/C=C/[C@H](C)[C@@H](OCc1ccc(OC)cc1)[C@H](C)[C@H]1OC(C)(C)O[C@@H]([C@H](C)C(=O)[C@]2(C)OC(c3ccc(OC)cc3)O[C@H]2[C@H](C)C/C=C/CS(=O)(=O)c2ccccc2)[C@H]1C. The number of sulfone groups is 1. The van der Waals surface area contributed by atoms with E-state index in [-0.39, 0.29) is 46.7 Å². The maximum absolute atomic E-state index is 15.2. The molecule has 0 amide bonds. The lowest BCUT2D eigenvalue weighted by Crippen LogP contribution is -2.59. The number of carbonyl (C=O) groups excluding carboxylic acids is 2. The summed E-state index contributed by atoms with van der Waals surface area (Å²) in [6, 6.07) is 23.4. The van der Waals surface area contributed by atoms with Crippen LogP contribution in [0.25, 0.3) is 0 Å². The average molecular weight is 905 g/mol. The number of methoxy groups -OCH3 is 2. The predicted octanol–water partition coefficient (Wildman–Crippen LogP) is 9.27. The zero-order chi connectivity index (χ0) is 46.8. The zero-order valence-electron chi connectivity index (χ0n) is 39.2. The standard InChI is InChI=1S/C51H68O12S/c1-12-58-43(52)30-21-33(2)44(59-32-38-22-26-40(56-10)27-23-38)35(4)45-36(5)46(62-50(7,8)61-45)37(6)47(53)51(9)48(60-49(63-51)39-24-28-41(57-11)29-25-39)34(3)18-16-17-31-64(54,55)42-19-14-13-15-20-42/h13-17,19-30,33-37,44-46,48-49H,12,18,31-32H2,1-11H3/b17-16+,30-21+/t33-,34+,35-,36-,37-,44+,45+,46+,48-,49?,51-/m0/s1. The molecule has 0 aliphatic carbocycles. The molecule has 0 aromatic heterocycles. The topological polar surface area (TPSA) is 142 Å². The van der Waals surface area contributed by atoms with Crippen LogP contribution in [0.2, 0.25) is 0 Å². The fourth-order valence-electron chi connectivity index (χ4n) is 8.96. The Morgan fingerprint density at radius 3 is 2.03 bits per heavy atom. The normalized spacial score (nSPS) is 26.0. The van der Waals surface area contributed by atoms with Gasteiger partial charge in [0.2, 0.25) is 0 Å². The number of hydrogen-bond acceptors (Lipinski definition) is 12. The summed E-state index contributed by atoms with van der Waals surface area (Å²) in [7, 11) is -0.300. The lowest BCUT2D eigenvalue weighted by atomic mass is 9.73. The van der Waals surface area contributed by atoms with Gasteiger partial charge in [-0.25, -0.2) is 13.2 Å². The predicted molar refractivity (Wildman–Crippen MR) is 244 cm³/mol. The summed E-state index contributed by atoms with van der Waals surface area (Å²) in [4.78, 5) is 27.9. The van der Waals surface area contributed by atoms with Gasteiger partial charge in [-0.15, -0.1) is 0 Å². The van der Waals surface area contributed by atoms with Crippen LogP contribution in [0.5, 0.6) is 11.5 Å². The van der Waals surface area contributed by atoms with E-state index in [1.54, 1.807) is 64.5 Å². The molecule has 2 saturated heterocycles. The first-order chi connectivity index (χ1) is 30.3. The lowest BCUT2D eigenvalue weighted by Gasteiger charge is -2.50. The van der Waals surface area contributed by atoms with Gasteiger partial charge in [0.25, 0.3) is 0 Å². The van der Waals surface area contributed by atoms with Crippen molar-refractivity contribution < 1.29 is 55.9 Å². The zero-order valence-corrected chi connectivity index (χ0v) is 40.0. The molecule has 11 atom stereocenters. The molecule has 2 fully saturated rings. The molecule has 3 aromatic carbocycles. The molecule has 0 N–H and O–H groups in total. The van der Waals surface area contributed by atoms with E-state index in [1.165, 1.54) is 6.08 Å². The summed E-state index contributed by atoms with van der Waals surface area (Å²) < 4.78 is 75.4. The number of rotatable bonds is 21. The summed E-state index contributed by atoms with van der Waals surface area (Å²) in [6.07, 6.45) is 4.15. The van der Waals surface area contributed by atoms with Crippen molar-refractivity contribution in [1.82, 2.24) is 0 Å². The highest BCUT2D eigenvalue weighted by Gasteiger charge is 2.57. The number of Topliss-reactive ketones (excluding diaryl/α,β-unsaturated/α-hetero) is 1. The molecule has 350 valence electrons. The summed E-state index contributed by atoms with van der Waals surface area (Å²) in [5.74, 6) is -2.15. The Bertz CT molecular complexity index is 2140. The van der Waals surface area contributed by atoms with Crippen molar-refractivity contribution in [2.24, 2.45) is 29.6 Å². The van der Waals surface area contributed by atoms with Crippen molar-refractivity contribution in [3.05, 3.63) is 114 Å². The number of ketones is 1. The molecule has 3 aromatic rings. The minimum Gasteiger partial charge on any atom is -0.497 e. The monoisotopic (exact) mass is 904 g/mol. The number of esters is 1. The van der Waals surface area contributed by atoms with Crippen molar-refractivity contribution >= 4 is 21.6 Å². The smallest absolute Gasteiger partial charge is 0.330 e. The summed E-state index contributed by atoms with van der Waals surface area (Å²) in [5, 5.41) is 0. The molecule has 0 saturated carbocycles. The van der Waals surface area contributed by atoms with Crippen LogP contribution >= 0.6 is 0 Å². The van der Waals surface area contributed by atoms with E-state index in [2.05, 4.69) is 6.92 Å². The second-order valence-electron chi connectivity index (χ2n) is 17.7. The molecule has 64 heavy (non-hydrogen) atoms. The van der Waals surface area contributed by atoms with Gasteiger partial charge in [-0.2, -0.15) is 0 Å². The second kappa shape index (κ2) is 22.2. The quantitative estimate of drug-likeness (QED) is 0.0571. The van der Waals surface area contributed by atoms with E-state index >= 15 is 4.79 Å². The van der Waals surface area contributed by atoms with Crippen molar-refractivity contribution in [3.8, 4) is 11.5 Å². The van der Waals surface area contributed by atoms with Crippen LogP contribution in [0.4, 0.5) is 0 Å². The van der Waals surface area contributed by atoms with E-state index in [9.17, 15) is 13.2 Å². The largest absolute Gasteiger partial charge is 0.497 e. The van der Waals surface area contributed by atoms with Crippen LogP contribution in [-0.4, -0.2) is 82.6 Å². The third kappa shape index (κ3) is 12.5. The molecule has 2 heterocycles. The van der Waals surface area contributed by atoms with Crippen LogP contribution in [0.15, 0.2) is 108 Å². The van der Waals surface area contributed by atoms with Crippen LogP contribution < -0.4 is 9.47 Å². The second-order valence-corrected chi connectivity index (χ2v) is 19.7. The first-order valence-electron chi connectivity index (χ1n) is 22.2. The van der Waals surface area contributed by atoms with Gasteiger partial charge < -0.3 is 37.9 Å². The van der Waals surface area contributed by atoms with Crippen molar-refractivity contribution in [1.29, 1.82) is 0 Å². The Hall–Kier alpha value is -4.37. The van der Waals surface area contributed by atoms with Crippen molar-refractivity contribution in [2.45, 2.75) is 122 Å². The van der Waals surface area contributed by atoms with Gasteiger partial charge in [0.05, 0.1) is 62.5 Å². The van der Waals surface area contributed by atoms with Crippen molar-refractivity contribution in [3.63, 3.8) is 0 Å². The van der Waals surface area contributed by atoms with Crippen LogP contribution in [0, 0.1) is 29.6 Å². The van der Waals surface area contributed by atoms with Crippen molar-refractivity contribution in [2.75, 3.05) is 26.6 Å². The fraction of sp³-hybridized carbons (Fsp3) is 0.529. The fourth-order valence-corrected chi connectivity index (χ4v) is 10.1. The Labute approximate surface area is 380 Å². The third-order valence-electron chi connectivity index (χ3n) is 12.4. The molecule has 0 bridgehead atoms. The number of hydrogen-bond donors (Lipinski definition) is 0. The number of carbonyl (C=O) groups is 2. The van der Waals surface area contributed by atoms with Gasteiger partial charge in [-0.3, -0.25) is 4.79 Å². The molecular formula is C51H68O12S. The molecule has 12 nitrogen and oxygen atoms in total. The van der Waals surface area contributed by atoms with Gasteiger partial charge in [0, 0.05) is 35.3 Å². The van der Waals surface area contributed by atoms with E-state index in [4.69, 9.17) is 37.9 Å². The average Bonchev–Trinajstić information content (AvgIpc) is 3.66. The number of benzene rings is 3. The van der Waals surface area contributed by atoms with Crippen LogP contribution in [0.1, 0.15) is 86.2 Å². The Kier molecular flexibility index (Phi) is 17.6. The summed E-state index contributed by atoms with van der Waals surface area (Å²) in [6.45, 7) is 17.8. The molecule has 0 radical (unpaired) electrons.